The fourth-order valence-corrected chi connectivity index (χ4v) is 1.56. The summed E-state index contributed by atoms with van der Waals surface area (Å²) in [6.07, 6.45) is 4.17. The van der Waals surface area contributed by atoms with Crippen molar-refractivity contribution in [2.24, 2.45) is 0 Å². The summed E-state index contributed by atoms with van der Waals surface area (Å²) < 4.78 is 2.19. The van der Waals surface area contributed by atoms with Gasteiger partial charge in [0.1, 0.15) is 0 Å². The lowest BCUT2D eigenvalue weighted by Crippen LogP contribution is -2.28. The highest BCUT2D eigenvalue weighted by Gasteiger charge is 2.12. The van der Waals surface area contributed by atoms with Gasteiger partial charge in [-0.1, -0.05) is 6.92 Å². The topological polar surface area (TPSA) is 17.0 Å². The van der Waals surface area contributed by atoms with Crippen molar-refractivity contribution in [2.45, 2.75) is 25.1 Å². The van der Waals surface area contributed by atoms with E-state index >= 15 is 0 Å². The lowest BCUT2D eigenvalue weighted by atomic mass is 10.2. The first-order valence-electron chi connectivity index (χ1n) is 4.77. The van der Waals surface area contributed by atoms with E-state index in [1.54, 1.807) is 0 Å². The molecule has 1 rings (SSSR count). The van der Waals surface area contributed by atoms with E-state index in [1.807, 2.05) is 12.1 Å². The molecule has 0 aliphatic carbocycles. The second kappa shape index (κ2) is 5.35. The normalized spacial score (nSPS) is 15.6. The first kappa shape index (κ1) is 10.7. The van der Waals surface area contributed by atoms with Crippen LogP contribution in [0.15, 0.2) is 24.5 Å². The van der Waals surface area contributed by atoms with E-state index in [-0.39, 0.29) is 0 Å². The summed E-state index contributed by atoms with van der Waals surface area (Å²) in [5, 5.41) is 3.67. The highest BCUT2D eigenvalue weighted by atomic mass is 32.1. The molecule has 2 unspecified atom stereocenters. The van der Waals surface area contributed by atoms with Crippen LogP contribution in [-0.4, -0.2) is 22.9 Å². The maximum Gasteiger partial charge on any atom is 0.0430 e. The van der Waals surface area contributed by atoms with Gasteiger partial charge in [0.2, 0.25) is 0 Å². The van der Waals surface area contributed by atoms with Gasteiger partial charge in [-0.15, -0.1) is 0 Å². The van der Waals surface area contributed by atoms with Gasteiger partial charge in [0.05, 0.1) is 0 Å². The zero-order valence-electron chi connectivity index (χ0n) is 8.27. The summed E-state index contributed by atoms with van der Waals surface area (Å²) >= 11 is 4.56. The van der Waals surface area contributed by atoms with Crippen LogP contribution in [0.1, 0.15) is 19.9 Å². The maximum absolute atomic E-state index is 4.56. The Bertz CT molecular complexity index is 221. The average Bonchev–Trinajstić information content (AvgIpc) is 2.65. The number of aromatic nitrogens is 1. The van der Waals surface area contributed by atoms with Gasteiger partial charge >= 0.3 is 0 Å². The molecule has 1 heterocycles. The summed E-state index contributed by atoms with van der Waals surface area (Å²) in [6, 6.07) is 4.53. The van der Waals surface area contributed by atoms with E-state index in [0.717, 1.165) is 13.1 Å². The fraction of sp³-hybridized carbons (Fsp3) is 0.600. The van der Waals surface area contributed by atoms with Gasteiger partial charge < -0.3 is 9.88 Å². The van der Waals surface area contributed by atoms with E-state index in [9.17, 15) is 0 Å². The summed E-state index contributed by atoms with van der Waals surface area (Å²) in [5.41, 5.74) is 0. The molecule has 13 heavy (non-hydrogen) atoms. The lowest BCUT2D eigenvalue weighted by molar-refractivity contribution is 0.504. The molecule has 0 radical (unpaired) electrons. The SMILES string of the molecule is CCNCC(S)C(C)n1cccc1. The fourth-order valence-electron chi connectivity index (χ4n) is 1.28. The molecule has 2 atom stereocenters. The predicted molar refractivity (Wildman–Crippen MR) is 60.5 cm³/mol. The number of thiol groups is 1. The van der Waals surface area contributed by atoms with Gasteiger partial charge in [-0.05, 0) is 25.6 Å². The molecule has 0 fully saturated rings. The predicted octanol–water partition coefficient (Wildman–Crippen LogP) is 1.96. The maximum atomic E-state index is 4.56. The van der Waals surface area contributed by atoms with Crippen molar-refractivity contribution in [1.29, 1.82) is 0 Å². The van der Waals surface area contributed by atoms with Crippen LogP contribution in [0, 0.1) is 0 Å². The number of rotatable bonds is 5. The van der Waals surface area contributed by atoms with Crippen LogP contribution in [-0.2, 0) is 0 Å². The Morgan fingerprint density at radius 2 is 2.00 bits per heavy atom. The molecule has 0 saturated carbocycles. The van der Waals surface area contributed by atoms with Gasteiger partial charge in [0.25, 0.3) is 0 Å². The molecule has 0 spiro atoms. The largest absolute Gasteiger partial charge is 0.350 e. The van der Waals surface area contributed by atoms with Crippen LogP contribution in [0.25, 0.3) is 0 Å². The highest BCUT2D eigenvalue weighted by Crippen LogP contribution is 2.15. The Labute approximate surface area is 85.7 Å². The Hall–Kier alpha value is -0.410. The van der Waals surface area contributed by atoms with E-state index < -0.39 is 0 Å². The van der Waals surface area contributed by atoms with E-state index in [2.05, 4.69) is 48.8 Å². The Kier molecular flexibility index (Phi) is 4.39. The number of nitrogens with zero attached hydrogens (tertiary/aromatic N) is 1. The van der Waals surface area contributed by atoms with Crippen molar-refractivity contribution < 1.29 is 0 Å². The van der Waals surface area contributed by atoms with E-state index in [4.69, 9.17) is 0 Å². The van der Waals surface area contributed by atoms with E-state index in [1.165, 1.54) is 0 Å². The van der Waals surface area contributed by atoms with Crippen LogP contribution < -0.4 is 5.32 Å². The third-order valence-corrected chi connectivity index (χ3v) is 2.87. The number of nitrogens with one attached hydrogen (secondary N) is 1. The van der Waals surface area contributed by atoms with Crippen LogP contribution >= 0.6 is 12.6 Å². The molecule has 2 nitrogen and oxygen atoms in total. The third kappa shape index (κ3) is 3.08. The van der Waals surface area contributed by atoms with Crippen LogP contribution in [0.4, 0.5) is 0 Å². The van der Waals surface area contributed by atoms with Gasteiger partial charge in [-0.3, -0.25) is 0 Å². The minimum Gasteiger partial charge on any atom is -0.350 e. The summed E-state index contributed by atoms with van der Waals surface area (Å²) in [6.45, 7) is 6.27. The van der Waals surface area contributed by atoms with Crippen LogP contribution in [0.2, 0.25) is 0 Å². The van der Waals surface area contributed by atoms with Gasteiger partial charge in [-0.25, -0.2) is 0 Å². The first-order valence-corrected chi connectivity index (χ1v) is 5.28. The van der Waals surface area contributed by atoms with Gasteiger partial charge in [0, 0.05) is 30.2 Å². The molecule has 0 saturated heterocycles. The van der Waals surface area contributed by atoms with Gasteiger partial charge in [0.15, 0.2) is 0 Å². The number of hydrogen-bond acceptors (Lipinski definition) is 2. The quantitative estimate of drug-likeness (QED) is 0.692. The summed E-state index contributed by atoms with van der Waals surface area (Å²) in [4.78, 5) is 0. The van der Waals surface area contributed by atoms with Crippen LogP contribution in [0.3, 0.4) is 0 Å². The molecular formula is C10H18N2S. The molecule has 74 valence electrons. The molecular weight excluding hydrogens is 180 g/mol. The second-order valence-electron chi connectivity index (χ2n) is 3.25. The molecule has 3 heteroatoms. The summed E-state index contributed by atoms with van der Waals surface area (Å²) in [5.74, 6) is 0. The molecule has 0 aromatic carbocycles. The Morgan fingerprint density at radius 1 is 1.38 bits per heavy atom. The first-order chi connectivity index (χ1) is 6.25. The van der Waals surface area contributed by atoms with Crippen molar-refractivity contribution in [3.8, 4) is 0 Å². The van der Waals surface area contributed by atoms with E-state index in [0.29, 0.717) is 11.3 Å². The number of hydrogen-bond donors (Lipinski definition) is 2. The monoisotopic (exact) mass is 198 g/mol. The Balaban J connectivity index is 2.43. The molecule has 1 N–H and O–H groups in total. The minimum atomic E-state index is 0.368. The van der Waals surface area contributed by atoms with Crippen molar-refractivity contribution >= 4 is 12.6 Å². The lowest BCUT2D eigenvalue weighted by Gasteiger charge is -2.20. The average molecular weight is 198 g/mol. The van der Waals surface area contributed by atoms with Crippen molar-refractivity contribution in [2.75, 3.05) is 13.1 Å². The molecule has 1 aromatic heterocycles. The third-order valence-electron chi connectivity index (χ3n) is 2.26. The standard InChI is InChI=1S/C10H18N2S/c1-3-11-8-10(13)9(2)12-6-4-5-7-12/h4-7,9-11,13H,3,8H2,1-2H3. The minimum absolute atomic E-state index is 0.368. The van der Waals surface area contributed by atoms with Crippen molar-refractivity contribution in [3.05, 3.63) is 24.5 Å². The molecule has 0 bridgehead atoms. The molecule has 0 amide bonds. The highest BCUT2D eigenvalue weighted by molar-refractivity contribution is 7.81. The Morgan fingerprint density at radius 3 is 2.54 bits per heavy atom. The van der Waals surface area contributed by atoms with Crippen molar-refractivity contribution in [1.82, 2.24) is 9.88 Å². The zero-order valence-corrected chi connectivity index (χ0v) is 9.17. The molecule has 0 aliphatic heterocycles. The van der Waals surface area contributed by atoms with Crippen molar-refractivity contribution in [3.63, 3.8) is 0 Å². The zero-order chi connectivity index (χ0) is 9.68. The summed E-state index contributed by atoms with van der Waals surface area (Å²) in [7, 11) is 0. The molecule has 1 aromatic rings. The van der Waals surface area contributed by atoms with Crippen LogP contribution in [0.5, 0.6) is 0 Å². The second-order valence-corrected chi connectivity index (χ2v) is 3.91. The van der Waals surface area contributed by atoms with Gasteiger partial charge in [-0.2, -0.15) is 12.6 Å². The molecule has 0 aliphatic rings. The smallest absolute Gasteiger partial charge is 0.0430 e.